The number of pyridine rings is 1. The molecule has 0 saturated carbocycles. The summed E-state index contributed by atoms with van der Waals surface area (Å²) in [5.41, 5.74) is 2.43. The largest absolute Gasteiger partial charge is 0.426 e. The molecule has 18 heavy (non-hydrogen) atoms. The van der Waals surface area contributed by atoms with Gasteiger partial charge in [0.25, 0.3) is 0 Å². The van der Waals surface area contributed by atoms with Crippen molar-refractivity contribution in [2.24, 2.45) is 0 Å². The predicted molar refractivity (Wildman–Crippen MR) is 72.7 cm³/mol. The molecular formula is C15H17NO2. The maximum absolute atomic E-state index is 10.9. The molecule has 0 aromatic carbocycles. The fourth-order valence-electron chi connectivity index (χ4n) is 1.39. The molecule has 0 unspecified atom stereocenters. The highest BCUT2D eigenvalue weighted by atomic mass is 16.5. The van der Waals surface area contributed by atoms with Crippen LogP contribution in [0, 0.1) is 6.92 Å². The number of ether oxygens (including phenoxy) is 1. The van der Waals surface area contributed by atoms with Crippen molar-refractivity contribution in [1.82, 2.24) is 4.98 Å². The topological polar surface area (TPSA) is 39.2 Å². The van der Waals surface area contributed by atoms with E-state index in [1.165, 1.54) is 6.92 Å². The van der Waals surface area contributed by atoms with Crippen molar-refractivity contribution in [3.05, 3.63) is 59.7 Å². The van der Waals surface area contributed by atoms with Gasteiger partial charge in [0.1, 0.15) is 5.76 Å². The summed E-state index contributed by atoms with van der Waals surface area (Å²) in [7, 11) is 0. The van der Waals surface area contributed by atoms with Gasteiger partial charge in [0.15, 0.2) is 0 Å². The van der Waals surface area contributed by atoms with Gasteiger partial charge in [-0.3, -0.25) is 9.78 Å². The van der Waals surface area contributed by atoms with E-state index in [1.807, 2.05) is 31.2 Å². The summed E-state index contributed by atoms with van der Waals surface area (Å²) >= 11 is 0. The maximum atomic E-state index is 10.9. The zero-order valence-electron chi connectivity index (χ0n) is 10.9. The van der Waals surface area contributed by atoms with E-state index in [1.54, 1.807) is 19.1 Å². The number of esters is 1. The van der Waals surface area contributed by atoms with E-state index in [2.05, 4.69) is 11.6 Å². The van der Waals surface area contributed by atoms with E-state index in [4.69, 9.17) is 4.74 Å². The van der Waals surface area contributed by atoms with E-state index >= 15 is 0 Å². The summed E-state index contributed by atoms with van der Waals surface area (Å²) in [6.45, 7) is 8.95. The van der Waals surface area contributed by atoms with Crippen LogP contribution < -0.4 is 0 Å². The first-order valence-electron chi connectivity index (χ1n) is 5.68. The standard InChI is InChI=1S/C15H17NO2/c1-5-15(18-13(4)17)11(2)9-10-14-8-6-7-12(3)16-14/h5-10H,2H2,1,3-4H3. The summed E-state index contributed by atoms with van der Waals surface area (Å²) in [5, 5.41) is 0. The third-order valence-electron chi connectivity index (χ3n) is 2.20. The summed E-state index contributed by atoms with van der Waals surface area (Å²) < 4.78 is 5.02. The fraction of sp³-hybridized carbons (Fsp3) is 0.200. The second kappa shape index (κ2) is 6.55. The Morgan fingerprint density at radius 2 is 2.17 bits per heavy atom. The monoisotopic (exact) mass is 243 g/mol. The minimum atomic E-state index is -0.355. The van der Waals surface area contributed by atoms with E-state index in [0.29, 0.717) is 11.3 Å². The molecule has 0 amide bonds. The lowest BCUT2D eigenvalue weighted by Gasteiger charge is -2.05. The molecular weight excluding hydrogens is 226 g/mol. The number of hydrogen-bond donors (Lipinski definition) is 0. The van der Waals surface area contributed by atoms with Crippen LogP contribution in [0.15, 0.2) is 48.3 Å². The predicted octanol–water partition coefficient (Wildman–Crippen LogP) is 3.43. The molecule has 0 bridgehead atoms. The summed E-state index contributed by atoms with van der Waals surface area (Å²) in [5.74, 6) is 0.109. The Balaban J connectivity index is 2.78. The Bertz CT molecular complexity index is 513. The quantitative estimate of drug-likeness (QED) is 0.462. The van der Waals surface area contributed by atoms with Crippen LogP contribution in [0.5, 0.6) is 0 Å². The molecule has 1 aromatic rings. The molecule has 0 aliphatic heterocycles. The number of rotatable bonds is 4. The lowest BCUT2D eigenvalue weighted by Crippen LogP contribution is -1.99. The normalized spacial score (nSPS) is 11.6. The highest BCUT2D eigenvalue weighted by Gasteiger charge is 2.03. The van der Waals surface area contributed by atoms with Crippen molar-refractivity contribution in [3.8, 4) is 0 Å². The first-order valence-corrected chi connectivity index (χ1v) is 5.68. The van der Waals surface area contributed by atoms with Crippen LogP contribution in [-0.4, -0.2) is 11.0 Å². The molecule has 0 fully saturated rings. The van der Waals surface area contributed by atoms with Gasteiger partial charge in [-0.15, -0.1) is 0 Å². The second-order valence-corrected chi connectivity index (χ2v) is 3.81. The Morgan fingerprint density at radius 3 is 2.72 bits per heavy atom. The van der Waals surface area contributed by atoms with Crippen molar-refractivity contribution in [3.63, 3.8) is 0 Å². The van der Waals surface area contributed by atoms with Gasteiger partial charge in [0.05, 0.1) is 5.69 Å². The number of carbonyl (C=O) groups excluding carboxylic acids is 1. The van der Waals surface area contributed by atoms with Crippen LogP contribution in [0.2, 0.25) is 0 Å². The van der Waals surface area contributed by atoms with E-state index < -0.39 is 0 Å². The minimum Gasteiger partial charge on any atom is -0.426 e. The van der Waals surface area contributed by atoms with Gasteiger partial charge < -0.3 is 4.74 Å². The minimum absolute atomic E-state index is 0.355. The number of aryl methyl sites for hydroxylation is 1. The molecule has 1 heterocycles. The van der Waals surface area contributed by atoms with Crippen LogP contribution in [0.4, 0.5) is 0 Å². The smallest absolute Gasteiger partial charge is 0.308 e. The summed E-state index contributed by atoms with van der Waals surface area (Å²) in [6.07, 6.45) is 5.32. The Hall–Kier alpha value is -2.16. The molecule has 1 aromatic heterocycles. The molecule has 0 aliphatic carbocycles. The summed E-state index contributed by atoms with van der Waals surface area (Å²) in [6, 6.07) is 5.77. The highest BCUT2D eigenvalue weighted by Crippen LogP contribution is 2.13. The lowest BCUT2D eigenvalue weighted by atomic mass is 10.2. The number of allylic oxidation sites excluding steroid dienone is 2. The third-order valence-corrected chi connectivity index (χ3v) is 2.20. The highest BCUT2D eigenvalue weighted by molar-refractivity contribution is 5.68. The van der Waals surface area contributed by atoms with Gasteiger partial charge in [-0.2, -0.15) is 0 Å². The van der Waals surface area contributed by atoms with Gasteiger partial charge >= 0.3 is 5.97 Å². The molecule has 1 rings (SSSR count). The Morgan fingerprint density at radius 1 is 1.44 bits per heavy atom. The van der Waals surface area contributed by atoms with E-state index in [-0.39, 0.29) is 5.97 Å². The second-order valence-electron chi connectivity index (χ2n) is 3.81. The molecule has 94 valence electrons. The molecule has 0 saturated heterocycles. The van der Waals surface area contributed by atoms with E-state index in [9.17, 15) is 4.79 Å². The van der Waals surface area contributed by atoms with Crippen molar-refractivity contribution in [2.45, 2.75) is 20.8 Å². The average molecular weight is 243 g/mol. The fourth-order valence-corrected chi connectivity index (χ4v) is 1.39. The van der Waals surface area contributed by atoms with Crippen molar-refractivity contribution in [1.29, 1.82) is 0 Å². The number of aromatic nitrogens is 1. The van der Waals surface area contributed by atoms with Crippen molar-refractivity contribution < 1.29 is 9.53 Å². The third kappa shape index (κ3) is 4.37. The first-order chi connectivity index (χ1) is 8.52. The molecule has 0 spiro atoms. The van der Waals surface area contributed by atoms with Crippen LogP contribution >= 0.6 is 0 Å². The Labute approximate surface area is 108 Å². The lowest BCUT2D eigenvalue weighted by molar-refractivity contribution is -0.136. The molecule has 0 radical (unpaired) electrons. The molecule has 0 aliphatic rings. The van der Waals surface area contributed by atoms with Crippen LogP contribution in [0.1, 0.15) is 25.2 Å². The average Bonchev–Trinajstić information content (AvgIpc) is 2.33. The number of carbonyl (C=O) groups is 1. The number of hydrogen-bond acceptors (Lipinski definition) is 3. The van der Waals surface area contributed by atoms with Gasteiger partial charge in [-0.25, -0.2) is 0 Å². The van der Waals surface area contributed by atoms with Gasteiger partial charge in [0.2, 0.25) is 0 Å². The maximum Gasteiger partial charge on any atom is 0.308 e. The van der Waals surface area contributed by atoms with Gasteiger partial charge in [-0.05, 0) is 44.2 Å². The van der Waals surface area contributed by atoms with Crippen molar-refractivity contribution in [2.75, 3.05) is 0 Å². The molecule has 3 nitrogen and oxygen atoms in total. The number of nitrogens with zero attached hydrogens (tertiary/aromatic N) is 1. The molecule has 0 atom stereocenters. The summed E-state index contributed by atoms with van der Waals surface area (Å²) in [4.78, 5) is 15.2. The molecule has 0 N–H and O–H groups in total. The molecule has 3 heteroatoms. The van der Waals surface area contributed by atoms with Crippen LogP contribution in [0.25, 0.3) is 6.08 Å². The first kappa shape index (κ1) is 13.9. The van der Waals surface area contributed by atoms with Gasteiger partial charge in [-0.1, -0.05) is 12.6 Å². The zero-order valence-corrected chi connectivity index (χ0v) is 10.9. The van der Waals surface area contributed by atoms with Crippen molar-refractivity contribution >= 4 is 12.0 Å². The van der Waals surface area contributed by atoms with Gasteiger partial charge in [0, 0.05) is 18.2 Å². The Kier molecular flexibility index (Phi) is 5.06. The van der Waals surface area contributed by atoms with Crippen LogP contribution in [-0.2, 0) is 9.53 Å². The SMILES string of the molecule is C=C(C=Cc1cccc(C)n1)C(=CC)OC(C)=O. The van der Waals surface area contributed by atoms with E-state index in [0.717, 1.165) is 11.4 Å². The van der Waals surface area contributed by atoms with Crippen LogP contribution in [0.3, 0.4) is 0 Å². The zero-order chi connectivity index (χ0) is 13.5.